The number of hydrogen-bond donors (Lipinski definition) is 0. The van der Waals surface area contributed by atoms with Crippen LogP contribution in [0, 0.1) is 0 Å². The van der Waals surface area contributed by atoms with Crippen LogP contribution < -0.4 is 0 Å². The lowest BCUT2D eigenvalue weighted by Crippen LogP contribution is -2.17. The summed E-state index contributed by atoms with van der Waals surface area (Å²) in [5.74, 6) is 0. The van der Waals surface area contributed by atoms with Gasteiger partial charge < -0.3 is 0 Å². The predicted octanol–water partition coefficient (Wildman–Crippen LogP) is 3.71. The standard InChI is InChI=1S/C12H11O2P/c1-12(14-15-13)8-6-10-4-2-3-5-11(10)7-9-12/h2-9H,1H3. The second-order valence-electron chi connectivity index (χ2n) is 3.65. The zero-order chi connectivity index (χ0) is 10.7. The van der Waals surface area contributed by atoms with Gasteiger partial charge in [-0.25, -0.2) is 4.57 Å². The molecular weight excluding hydrogens is 207 g/mol. The van der Waals surface area contributed by atoms with E-state index < -0.39 is 5.60 Å². The summed E-state index contributed by atoms with van der Waals surface area (Å²) < 4.78 is 15.6. The van der Waals surface area contributed by atoms with Crippen LogP contribution in [0.25, 0.3) is 12.2 Å². The van der Waals surface area contributed by atoms with Crippen LogP contribution in [0.15, 0.2) is 36.4 Å². The minimum atomic E-state index is -0.595. The SMILES string of the molecule is CC1(OP=O)C=Cc2ccccc2C=C1. The molecule has 2 nitrogen and oxygen atoms in total. The Morgan fingerprint density at radius 3 is 2.13 bits per heavy atom. The molecule has 0 heterocycles. The summed E-state index contributed by atoms with van der Waals surface area (Å²) in [6.07, 6.45) is 7.78. The molecule has 0 aliphatic heterocycles. The Bertz CT molecular complexity index is 402. The maximum atomic E-state index is 10.5. The highest BCUT2D eigenvalue weighted by Gasteiger charge is 2.20. The van der Waals surface area contributed by atoms with Gasteiger partial charge in [0.25, 0.3) is 0 Å². The molecule has 0 bridgehead atoms. The molecular formula is C12H11O2P. The fourth-order valence-electron chi connectivity index (χ4n) is 1.52. The van der Waals surface area contributed by atoms with E-state index in [-0.39, 0.29) is 8.69 Å². The van der Waals surface area contributed by atoms with Crippen LogP contribution in [-0.2, 0) is 9.09 Å². The van der Waals surface area contributed by atoms with Crippen LogP contribution in [0.2, 0.25) is 0 Å². The van der Waals surface area contributed by atoms with Crippen LogP contribution in [0.4, 0.5) is 0 Å². The minimum absolute atomic E-state index is 0.303. The second kappa shape index (κ2) is 4.09. The van der Waals surface area contributed by atoms with E-state index >= 15 is 0 Å². The molecule has 1 aromatic rings. The molecule has 0 amide bonds. The largest absolute Gasteiger partial charge is 0.328 e. The van der Waals surface area contributed by atoms with Crippen LogP contribution in [0.3, 0.4) is 0 Å². The molecule has 1 aromatic carbocycles. The Kier molecular flexibility index (Phi) is 2.81. The van der Waals surface area contributed by atoms with Crippen molar-refractivity contribution >= 4 is 20.8 Å². The van der Waals surface area contributed by atoms with E-state index in [1.54, 1.807) is 0 Å². The first-order chi connectivity index (χ1) is 7.23. The fraction of sp³-hybridized carbons (Fsp3) is 0.167. The van der Waals surface area contributed by atoms with E-state index in [2.05, 4.69) is 0 Å². The quantitative estimate of drug-likeness (QED) is 0.707. The summed E-state index contributed by atoms with van der Waals surface area (Å²) in [5, 5.41) is 0. The van der Waals surface area contributed by atoms with Gasteiger partial charge in [-0.3, -0.25) is 4.52 Å². The third-order valence-corrected chi connectivity index (χ3v) is 2.89. The fourth-order valence-corrected chi connectivity index (χ4v) is 1.80. The molecule has 2 rings (SSSR count). The van der Waals surface area contributed by atoms with Crippen molar-refractivity contribution in [3.8, 4) is 0 Å². The van der Waals surface area contributed by atoms with Crippen LogP contribution >= 0.6 is 8.69 Å². The average molecular weight is 218 g/mol. The highest BCUT2D eigenvalue weighted by Crippen LogP contribution is 2.27. The summed E-state index contributed by atoms with van der Waals surface area (Å²) in [7, 11) is -0.303. The molecule has 1 aliphatic rings. The van der Waals surface area contributed by atoms with Gasteiger partial charge in [0, 0.05) is 0 Å². The molecule has 0 unspecified atom stereocenters. The minimum Gasteiger partial charge on any atom is -0.280 e. The van der Waals surface area contributed by atoms with Crippen molar-refractivity contribution in [1.82, 2.24) is 0 Å². The Labute approximate surface area is 90.6 Å². The second-order valence-corrected chi connectivity index (χ2v) is 3.98. The molecule has 0 saturated heterocycles. The normalized spacial score (nSPS) is 17.4. The monoisotopic (exact) mass is 218 g/mol. The van der Waals surface area contributed by atoms with Gasteiger partial charge in [-0.1, -0.05) is 36.4 Å². The van der Waals surface area contributed by atoms with Gasteiger partial charge in [0.2, 0.25) is 0 Å². The van der Waals surface area contributed by atoms with Gasteiger partial charge >= 0.3 is 8.69 Å². The van der Waals surface area contributed by atoms with E-state index in [1.165, 1.54) is 0 Å². The van der Waals surface area contributed by atoms with E-state index in [0.717, 1.165) is 11.1 Å². The molecule has 1 aliphatic carbocycles. The summed E-state index contributed by atoms with van der Waals surface area (Å²) in [6.45, 7) is 1.87. The Balaban J connectivity index is 2.41. The summed E-state index contributed by atoms with van der Waals surface area (Å²) in [4.78, 5) is 0. The molecule has 0 saturated carbocycles. The number of hydrogen-bond acceptors (Lipinski definition) is 2. The first-order valence-electron chi connectivity index (χ1n) is 4.72. The first kappa shape index (κ1) is 10.3. The summed E-state index contributed by atoms with van der Waals surface area (Å²) in [6, 6.07) is 8.06. The molecule has 0 radical (unpaired) electrons. The number of rotatable bonds is 2. The highest BCUT2D eigenvalue weighted by atomic mass is 31.1. The van der Waals surface area contributed by atoms with Crippen LogP contribution in [0.5, 0.6) is 0 Å². The zero-order valence-electron chi connectivity index (χ0n) is 8.38. The average Bonchev–Trinajstić information content (AvgIpc) is 2.40. The van der Waals surface area contributed by atoms with Crippen LogP contribution in [-0.4, -0.2) is 5.60 Å². The van der Waals surface area contributed by atoms with Crippen molar-refractivity contribution in [1.29, 1.82) is 0 Å². The topological polar surface area (TPSA) is 26.3 Å². The molecule has 0 fully saturated rings. The molecule has 0 atom stereocenters. The molecule has 15 heavy (non-hydrogen) atoms. The van der Waals surface area contributed by atoms with E-state index in [4.69, 9.17) is 4.52 Å². The molecule has 0 spiro atoms. The lowest BCUT2D eigenvalue weighted by molar-refractivity contribution is 0.217. The maximum Gasteiger partial charge on any atom is 0.328 e. The Hall–Kier alpha value is -1.24. The van der Waals surface area contributed by atoms with Crippen molar-refractivity contribution in [3.05, 3.63) is 47.5 Å². The third-order valence-electron chi connectivity index (χ3n) is 2.42. The molecule has 0 N–H and O–H groups in total. The number of benzene rings is 1. The first-order valence-corrected chi connectivity index (χ1v) is 5.45. The zero-order valence-corrected chi connectivity index (χ0v) is 9.28. The summed E-state index contributed by atoms with van der Waals surface area (Å²) in [5.41, 5.74) is 1.69. The van der Waals surface area contributed by atoms with Gasteiger partial charge in [-0.2, -0.15) is 0 Å². The number of fused-ring (bicyclic) bond motifs is 1. The van der Waals surface area contributed by atoms with Gasteiger partial charge in [-0.05, 0) is 30.2 Å². The lowest BCUT2D eigenvalue weighted by atomic mass is 10.1. The van der Waals surface area contributed by atoms with Crippen molar-refractivity contribution in [2.24, 2.45) is 0 Å². The smallest absolute Gasteiger partial charge is 0.280 e. The van der Waals surface area contributed by atoms with E-state index in [1.807, 2.05) is 55.5 Å². The van der Waals surface area contributed by atoms with Crippen LogP contribution in [0.1, 0.15) is 18.1 Å². The third kappa shape index (κ3) is 2.23. The van der Waals surface area contributed by atoms with Crippen molar-refractivity contribution in [2.75, 3.05) is 0 Å². The van der Waals surface area contributed by atoms with Gasteiger partial charge in [0.05, 0.1) is 0 Å². The Morgan fingerprint density at radius 1 is 1.13 bits per heavy atom. The summed E-state index contributed by atoms with van der Waals surface area (Å²) >= 11 is 0. The van der Waals surface area contributed by atoms with Gasteiger partial charge in [-0.15, -0.1) is 0 Å². The van der Waals surface area contributed by atoms with Crippen molar-refractivity contribution in [2.45, 2.75) is 12.5 Å². The lowest BCUT2D eigenvalue weighted by Gasteiger charge is -2.15. The Morgan fingerprint density at radius 2 is 1.67 bits per heavy atom. The molecule has 0 aromatic heterocycles. The van der Waals surface area contributed by atoms with Crippen molar-refractivity contribution in [3.63, 3.8) is 0 Å². The van der Waals surface area contributed by atoms with Crippen molar-refractivity contribution < 1.29 is 9.09 Å². The molecule has 76 valence electrons. The van der Waals surface area contributed by atoms with E-state index in [9.17, 15) is 4.57 Å². The highest BCUT2D eigenvalue weighted by molar-refractivity contribution is 7.17. The van der Waals surface area contributed by atoms with Gasteiger partial charge in [0.1, 0.15) is 5.60 Å². The predicted molar refractivity (Wildman–Crippen MR) is 61.6 cm³/mol. The van der Waals surface area contributed by atoms with E-state index in [0.29, 0.717) is 0 Å². The van der Waals surface area contributed by atoms with Gasteiger partial charge in [0.15, 0.2) is 0 Å². The maximum absolute atomic E-state index is 10.5. The molecule has 3 heteroatoms.